The van der Waals surface area contributed by atoms with Gasteiger partial charge in [0.15, 0.2) is 0 Å². The molecule has 0 N–H and O–H groups in total. The van der Waals surface area contributed by atoms with Gasteiger partial charge >= 0.3 is 0 Å². The molecule has 0 amide bonds. The summed E-state index contributed by atoms with van der Waals surface area (Å²) in [6.07, 6.45) is 0.754. The highest BCUT2D eigenvalue weighted by molar-refractivity contribution is 5.81. The van der Waals surface area contributed by atoms with Gasteiger partial charge in [-0.05, 0) is 7.05 Å². The molecular formula is C13H25N3O. The molecular weight excluding hydrogens is 214 g/mol. The van der Waals surface area contributed by atoms with Gasteiger partial charge < -0.3 is 9.80 Å². The van der Waals surface area contributed by atoms with Crippen LogP contribution in [0.3, 0.4) is 0 Å². The molecule has 2 aliphatic heterocycles. The maximum absolute atomic E-state index is 11.4. The van der Waals surface area contributed by atoms with Crippen LogP contribution in [0.25, 0.3) is 0 Å². The SMILES string of the molecule is CC1CN(CCN2CCN(C)CC2)CCC1=O. The fourth-order valence-electron chi connectivity index (χ4n) is 2.65. The second-order valence-electron chi connectivity index (χ2n) is 5.56. The Balaban J connectivity index is 1.66. The van der Waals surface area contributed by atoms with Crippen LogP contribution in [0, 0.1) is 5.92 Å². The van der Waals surface area contributed by atoms with Crippen molar-refractivity contribution in [2.24, 2.45) is 5.92 Å². The van der Waals surface area contributed by atoms with Gasteiger partial charge in [-0.2, -0.15) is 0 Å². The Labute approximate surface area is 105 Å². The Hall–Kier alpha value is -0.450. The zero-order valence-electron chi connectivity index (χ0n) is 11.2. The number of nitrogens with zero attached hydrogens (tertiary/aromatic N) is 3. The van der Waals surface area contributed by atoms with Crippen molar-refractivity contribution in [3.05, 3.63) is 0 Å². The van der Waals surface area contributed by atoms with Crippen LogP contribution in [0.2, 0.25) is 0 Å². The Bertz CT molecular complexity index is 261. The van der Waals surface area contributed by atoms with E-state index in [2.05, 4.69) is 28.7 Å². The summed E-state index contributed by atoms with van der Waals surface area (Å²) in [6, 6.07) is 0. The second-order valence-corrected chi connectivity index (χ2v) is 5.56. The zero-order valence-corrected chi connectivity index (χ0v) is 11.2. The predicted molar refractivity (Wildman–Crippen MR) is 69.2 cm³/mol. The molecule has 0 spiro atoms. The van der Waals surface area contributed by atoms with E-state index >= 15 is 0 Å². The molecule has 0 aromatic carbocycles. The van der Waals surface area contributed by atoms with Gasteiger partial charge in [-0.1, -0.05) is 6.92 Å². The van der Waals surface area contributed by atoms with Crippen molar-refractivity contribution in [3.8, 4) is 0 Å². The minimum absolute atomic E-state index is 0.247. The maximum Gasteiger partial charge on any atom is 0.138 e. The van der Waals surface area contributed by atoms with Crippen molar-refractivity contribution in [1.29, 1.82) is 0 Å². The van der Waals surface area contributed by atoms with Gasteiger partial charge in [-0.3, -0.25) is 9.69 Å². The van der Waals surface area contributed by atoms with Gasteiger partial charge in [0, 0.05) is 64.7 Å². The first-order valence-electron chi connectivity index (χ1n) is 6.81. The molecule has 0 aromatic rings. The van der Waals surface area contributed by atoms with Crippen LogP contribution in [0.5, 0.6) is 0 Å². The van der Waals surface area contributed by atoms with Crippen molar-refractivity contribution < 1.29 is 4.79 Å². The first kappa shape index (κ1) is 13.0. The quantitative estimate of drug-likeness (QED) is 0.700. The van der Waals surface area contributed by atoms with E-state index in [-0.39, 0.29) is 5.92 Å². The van der Waals surface area contributed by atoms with Gasteiger partial charge in [-0.15, -0.1) is 0 Å². The Kier molecular flexibility index (Phi) is 4.54. The number of carbonyl (C=O) groups excluding carboxylic acids is 1. The molecule has 0 bridgehead atoms. The van der Waals surface area contributed by atoms with Crippen LogP contribution in [0.4, 0.5) is 0 Å². The third-order valence-electron chi connectivity index (χ3n) is 4.08. The van der Waals surface area contributed by atoms with Gasteiger partial charge in [-0.25, -0.2) is 0 Å². The number of Topliss-reactive ketones (excluding diaryl/α,β-unsaturated/α-hetero) is 1. The van der Waals surface area contributed by atoms with Crippen molar-refractivity contribution in [2.45, 2.75) is 13.3 Å². The number of carbonyl (C=O) groups is 1. The highest BCUT2D eigenvalue weighted by atomic mass is 16.1. The minimum atomic E-state index is 0.247. The molecule has 4 nitrogen and oxygen atoms in total. The number of hydrogen-bond donors (Lipinski definition) is 0. The van der Waals surface area contributed by atoms with Crippen LogP contribution in [-0.4, -0.2) is 79.9 Å². The van der Waals surface area contributed by atoms with Crippen molar-refractivity contribution in [1.82, 2.24) is 14.7 Å². The molecule has 98 valence electrons. The number of piperazine rings is 1. The highest BCUT2D eigenvalue weighted by Gasteiger charge is 2.23. The largest absolute Gasteiger partial charge is 0.304 e. The van der Waals surface area contributed by atoms with Crippen LogP contribution in [-0.2, 0) is 4.79 Å². The average Bonchev–Trinajstić information content (AvgIpc) is 2.33. The highest BCUT2D eigenvalue weighted by Crippen LogP contribution is 2.12. The first-order chi connectivity index (χ1) is 8.15. The topological polar surface area (TPSA) is 26.8 Å². The lowest BCUT2D eigenvalue weighted by Crippen LogP contribution is -2.48. The fourth-order valence-corrected chi connectivity index (χ4v) is 2.65. The average molecular weight is 239 g/mol. The molecule has 2 heterocycles. The maximum atomic E-state index is 11.4. The van der Waals surface area contributed by atoms with Crippen LogP contribution in [0.15, 0.2) is 0 Å². The smallest absolute Gasteiger partial charge is 0.138 e. The third-order valence-corrected chi connectivity index (χ3v) is 4.08. The lowest BCUT2D eigenvalue weighted by Gasteiger charge is -2.35. The summed E-state index contributed by atoms with van der Waals surface area (Å²) in [5, 5.41) is 0. The van der Waals surface area contributed by atoms with E-state index in [1.807, 2.05) is 0 Å². The Morgan fingerprint density at radius 2 is 1.71 bits per heavy atom. The lowest BCUT2D eigenvalue weighted by atomic mass is 9.99. The van der Waals surface area contributed by atoms with E-state index in [1.165, 1.54) is 26.2 Å². The zero-order chi connectivity index (χ0) is 12.3. The van der Waals surface area contributed by atoms with Gasteiger partial charge in [0.25, 0.3) is 0 Å². The number of hydrogen-bond acceptors (Lipinski definition) is 4. The molecule has 0 radical (unpaired) electrons. The number of piperidine rings is 1. The fraction of sp³-hybridized carbons (Fsp3) is 0.923. The first-order valence-corrected chi connectivity index (χ1v) is 6.81. The van der Waals surface area contributed by atoms with Gasteiger partial charge in [0.05, 0.1) is 0 Å². The summed E-state index contributed by atoms with van der Waals surface area (Å²) in [6.45, 7) is 11.0. The monoisotopic (exact) mass is 239 g/mol. The summed E-state index contributed by atoms with van der Waals surface area (Å²) in [5.74, 6) is 0.692. The van der Waals surface area contributed by atoms with E-state index in [9.17, 15) is 4.79 Å². The van der Waals surface area contributed by atoms with Crippen molar-refractivity contribution in [3.63, 3.8) is 0 Å². The van der Waals surface area contributed by atoms with Gasteiger partial charge in [0.1, 0.15) is 5.78 Å². The summed E-state index contributed by atoms with van der Waals surface area (Å²) >= 11 is 0. The van der Waals surface area contributed by atoms with Crippen molar-refractivity contribution in [2.75, 3.05) is 59.4 Å². The summed E-state index contributed by atoms with van der Waals surface area (Å²) in [5.41, 5.74) is 0. The molecule has 0 aromatic heterocycles. The van der Waals surface area contributed by atoms with E-state index in [0.717, 1.165) is 32.6 Å². The number of ketones is 1. The minimum Gasteiger partial charge on any atom is -0.304 e. The molecule has 2 rings (SSSR count). The molecule has 1 unspecified atom stereocenters. The summed E-state index contributed by atoms with van der Waals surface area (Å²) in [7, 11) is 2.19. The molecule has 4 heteroatoms. The molecule has 2 saturated heterocycles. The molecule has 17 heavy (non-hydrogen) atoms. The van der Waals surface area contributed by atoms with Crippen molar-refractivity contribution >= 4 is 5.78 Å². The second kappa shape index (κ2) is 5.94. The molecule has 0 aliphatic carbocycles. The Morgan fingerprint density at radius 1 is 1.06 bits per heavy atom. The summed E-state index contributed by atoms with van der Waals surface area (Å²) in [4.78, 5) is 18.8. The van der Waals surface area contributed by atoms with E-state index in [4.69, 9.17) is 0 Å². The predicted octanol–water partition coefficient (Wildman–Crippen LogP) is 0.145. The Morgan fingerprint density at radius 3 is 2.35 bits per heavy atom. The number of rotatable bonds is 3. The number of likely N-dealkylation sites (N-methyl/N-ethyl adjacent to an activating group) is 1. The molecule has 2 aliphatic rings. The van der Waals surface area contributed by atoms with E-state index < -0.39 is 0 Å². The molecule has 2 fully saturated rings. The molecule has 1 atom stereocenters. The van der Waals surface area contributed by atoms with E-state index in [0.29, 0.717) is 5.78 Å². The van der Waals surface area contributed by atoms with Gasteiger partial charge in [0.2, 0.25) is 0 Å². The van der Waals surface area contributed by atoms with Crippen LogP contribution >= 0.6 is 0 Å². The normalized spacial score (nSPS) is 29.8. The molecule has 0 saturated carbocycles. The van der Waals surface area contributed by atoms with Crippen LogP contribution in [0.1, 0.15) is 13.3 Å². The van der Waals surface area contributed by atoms with E-state index in [1.54, 1.807) is 0 Å². The van der Waals surface area contributed by atoms with Crippen LogP contribution < -0.4 is 0 Å². The number of likely N-dealkylation sites (tertiary alicyclic amines) is 1. The standard InChI is InChI=1S/C13H25N3O/c1-12-11-16(4-3-13(12)17)10-9-15-7-5-14(2)6-8-15/h12H,3-11H2,1-2H3. The lowest BCUT2D eigenvalue weighted by molar-refractivity contribution is -0.125. The third kappa shape index (κ3) is 3.76. The summed E-state index contributed by atoms with van der Waals surface area (Å²) < 4.78 is 0.